The average molecular weight is 419 g/mol. The fraction of sp³-hybridized carbons (Fsp3) is 0.167. The summed E-state index contributed by atoms with van der Waals surface area (Å²) in [4.78, 5) is 12.0. The van der Waals surface area contributed by atoms with Gasteiger partial charge in [-0.2, -0.15) is 0 Å². The van der Waals surface area contributed by atoms with Gasteiger partial charge in [0.2, 0.25) is 0 Å². The molecule has 0 aliphatic rings. The molecule has 0 aliphatic heterocycles. The zero-order valence-electron chi connectivity index (χ0n) is 18.2. The first kappa shape index (κ1) is 20.3. The molecule has 5 rings (SSSR count). The van der Waals surface area contributed by atoms with Crippen molar-refractivity contribution < 1.29 is 9.90 Å². The Hall–Kier alpha value is -3.65. The van der Waals surface area contributed by atoms with Crippen LogP contribution in [0.4, 0.5) is 0 Å². The van der Waals surface area contributed by atoms with E-state index in [9.17, 15) is 9.90 Å². The van der Waals surface area contributed by atoms with Crippen molar-refractivity contribution in [1.82, 2.24) is 0 Å². The third-order valence-corrected chi connectivity index (χ3v) is 6.51. The lowest BCUT2D eigenvalue weighted by atomic mass is 9.84. The van der Waals surface area contributed by atoms with E-state index in [-0.39, 0.29) is 5.92 Å². The molecular formula is C30H26O2. The average Bonchev–Trinajstić information content (AvgIpc) is 2.83. The van der Waals surface area contributed by atoms with Crippen molar-refractivity contribution in [1.29, 1.82) is 0 Å². The number of carboxylic acids is 1. The maximum absolute atomic E-state index is 12.0. The second-order valence-corrected chi connectivity index (χ2v) is 8.54. The van der Waals surface area contributed by atoms with Crippen LogP contribution >= 0.6 is 0 Å². The lowest BCUT2D eigenvalue weighted by Crippen LogP contribution is -2.16. The zero-order chi connectivity index (χ0) is 22.1. The lowest BCUT2D eigenvalue weighted by molar-refractivity contribution is -0.141. The van der Waals surface area contributed by atoms with E-state index >= 15 is 0 Å². The summed E-state index contributed by atoms with van der Waals surface area (Å²) in [5.41, 5.74) is 3.43. The monoisotopic (exact) mass is 418 g/mol. The third kappa shape index (κ3) is 3.52. The van der Waals surface area contributed by atoms with Crippen LogP contribution in [0.1, 0.15) is 25.3 Å². The molecule has 0 amide bonds. The van der Waals surface area contributed by atoms with Crippen LogP contribution in [-0.2, 0) is 11.2 Å². The lowest BCUT2D eigenvalue weighted by Gasteiger charge is -2.19. The van der Waals surface area contributed by atoms with Crippen LogP contribution in [0.25, 0.3) is 43.4 Å². The molecule has 1 N–H and O–H groups in total. The van der Waals surface area contributed by atoms with Crippen LogP contribution in [-0.4, -0.2) is 11.1 Å². The van der Waals surface area contributed by atoms with Crippen LogP contribution in [0.2, 0.25) is 0 Å². The van der Waals surface area contributed by atoms with E-state index in [1.165, 1.54) is 37.9 Å². The molecular weight excluding hydrogens is 392 g/mol. The molecule has 2 nitrogen and oxygen atoms in total. The Morgan fingerprint density at radius 3 is 2.09 bits per heavy atom. The molecule has 0 saturated carbocycles. The van der Waals surface area contributed by atoms with Crippen molar-refractivity contribution in [2.24, 2.45) is 5.92 Å². The van der Waals surface area contributed by atoms with Crippen molar-refractivity contribution in [3.63, 3.8) is 0 Å². The predicted molar refractivity (Wildman–Crippen MR) is 134 cm³/mol. The highest BCUT2D eigenvalue weighted by Crippen LogP contribution is 2.40. The molecule has 0 fully saturated rings. The predicted octanol–water partition coefficient (Wildman–Crippen LogP) is 7.86. The number of benzene rings is 5. The number of carboxylic acid groups (broad SMARTS) is 1. The molecule has 32 heavy (non-hydrogen) atoms. The molecule has 0 heterocycles. The van der Waals surface area contributed by atoms with Gasteiger partial charge in [0.1, 0.15) is 0 Å². The van der Waals surface area contributed by atoms with Crippen molar-refractivity contribution in [3.05, 3.63) is 96.6 Å². The number of carbonyl (C=O) groups is 1. The molecule has 0 spiro atoms. The Labute approximate surface area is 188 Å². The summed E-state index contributed by atoms with van der Waals surface area (Å²) in [7, 11) is 0. The van der Waals surface area contributed by atoms with Crippen LogP contribution in [0.5, 0.6) is 0 Å². The highest BCUT2D eigenvalue weighted by molar-refractivity contribution is 6.16. The minimum absolute atomic E-state index is 0.383. The summed E-state index contributed by atoms with van der Waals surface area (Å²) in [6, 6.07) is 32.0. The number of hydrogen-bond donors (Lipinski definition) is 1. The van der Waals surface area contributed by atoms with Gasteiger partial charge in [0, 0.05) is 0 Å². The molecule has 5 aromatic carbocycles. The van der Waals surface area contributed by atoms with Crippen LogP contribution in [0.15, 0.2) is 91.0 Å². The smallest absolute Gasteiger partial charge is 0.306 e. The largest absolute Gasteiger partial charge is 0.481 e. The van der Waals surface area contributed by atoms with E-state index in [0.717, 1.165) is 17.5 Å². The minimum Gasteiger partial charge on any atom is -0.481 e. The molecule has 0 aromatic heterocycles. The van der Waals surface area contributed by atoms with Gasteiger partial charge in [0.05, 0.1) is 5.92 Å². The SMILES string of the molecule is CCCC(Cc1ccc2ccccc2c1-c1cc2ccccc2c2ccccc12)C(=O)O. The van der Waals surface area contributed by atoms with Gasteiger partial charge in [-0.3, -0.25) is 4.79 Å². The molecule has 1 atom stereocenters. The van der Waals surface area contributed by atoms with Gasteiger partial charge < -0.3 is 5.11 Å². The van der Waals surface area contributed by atoms with Crippen molar-refractivity contribution >= 4 is 38.3 Å². The van der Waals surface area contributed by atoms with Crippen LogP contribution in [0, 0.1) is 5.92 Å². The number of hydrogen-bond acceptors (Lipinski definition) is 1. The Bertz CT molecular complexity index is 1450. The van der Waals surface area contributed by atoms with E-state index in [0.29, 0.717) is 12.8 Å². The van der Waals surface area contributed by atoms with Gasteiger partial charge in [-0.05, 0) is 67.9 Å². The summed E-state index contributed by atoms with van der Waals surface area (Å²) in [6.07, 6.45) is 2.07. The summed E-state index contributed by atoms with van der Waals surface area (Å²) < 4.78 is 0. The summed E-state index contributed by atoms with van der Waals surface area (Å²) in [5, 5.41) is 17.1. The topological polar surface area (TPSA) is 37.3 Å². The van der Waals surface area contributed by atoms with Crippen LogP contribution < -0.4 is 0 Å². The Morgan fingerprint density at radius 1 is 0.750 bits per heavy atom. The minimum atomic E-state index is -0.714. The van der Waals surface area contributed by atoms with Gasteiger partial charge >= 0.3 is 5.97 Å². The van der Waals surface area contributed by atoms with Crippen molar-refractivity contribution in [3.8, 4) is 11.1 Å². The molecule has 0 saturated heterocycles. The fourth-order valence-corrected chi connectivity index (χ4v) is 4.99. The Kier molecular flexibility index (Phi) is 5.36. The number of rotatable bonds is 6. The van der Waals surface area contributed by atoms with E-state index in [1.807, 2.05) is 6.92 Å². The molecule has 0 radical (unpaired) electrons. The molecule has 5 aromatic rings. The van der Waals surface area contributed by atoms with Gasteiger partial charge in [-0.1, -0.05) is 98.3 Å². The standard InChI is InChI=1S/C30H26O2/c1-2-9-23(30(31)32)18-22-17-16-20-10-3-6-13-25(20)29(22)28-19-21-11-4-5-12-24(21)26-14-7-8-15-27(26)28/h3-8,10-17,19,23H,2,9,18H2,1H3,(H,31,32). The quantitative estimate of drug-likeness (QED) is 0.285. The van der Waals surface area contributed by atoms with E-state index in [2.05, 4.69) is 91.0 Å². The van der Waals surface area contributed by atoms with Gasteiger partial charge in [0.25, 0.3) is 0 Å². The first-order valence-electron chi connectivity index (χ1n) is 11.3. The first-order chi connectivity index (χ1) is 15.7. The van der Waals surface area contributed by atoms with Crippen LogP contribution in [0.3, 0.4) is 0 Å². The Morgan fingerprint density at radius 2 is 1.38 bits per heavy atom. The summed E-state index contributed by atoms with van der Waals surface area (Å²) >= 11 is 0. The second kappa shape index (κ2) is 8.47. The second-order valence-electron chi connectivity index (χ2n) is 8.54. The fourth-order valence-electron chi connectivity index (χ4n) is 4.99. The Balaban J connectivity index is 1.85. The van der Waals surface area contributed by atoms with E-state index in [1.54, 1.807) is 0 Å². The summed E-state index contributed by atoms with van der Waals surface area (Å²) in [6.45, 7) is 2.05. The normalized spacial score (nSPS) is 12.4. The third-order valence-electron chi connectivity index (χ3n) is 6.51. The first-order valence-corrected chi connectivity index (χ1v) is 11.3. The highest BCUT2D eigenvalue weighted by Gasteiger charge is 2.21. The molecule has 1 unspecified atom stereocenters. The maximum Gasteiger partial charge on any atom is 0.306 e. The molecule has 0 bridgehead atoms. The van der Waals surface area contributed by atoms with Crippen molar-refractivity contribution in [2.75, 3.05) is 0 Å². The zero-order valence-corrected chi connectivity index (χ0v) is 18.2. The highest BCUT2D eigenvalue weighted by atomic mass is 16.4. The maximum atomic E-state index is 12.0. The van der Waals surface area contributed by atoms with Gasteiger partial charge in [-0.15, -0.1) is 0 Å². The molecule has 158 valence electrons. The van der Waals surface area contributed by atoms with E-state index in [4.69, 9.17) is 0 Å². The summed E-state index contributed by atoms with van der Waals surface area (Å²) in [5.74, 6) is -1.10. The molecule has 0 aliphatic carbocycles. The van der Waals surface area contributed by atoms with E-state index < -0.39 is 5.97 Å². The number of fused-ring (bicyclic) bond motifs is 4. The van der Waals surface area contributed by atoms with Gasteiger partial charge in [0.15, 0.2) is 0 Å². The molecule has 2 heteroatoms. The van der Waals surface area contributed by atoms with Crippen molar-refractivity contribution in [2.45, 2.75) is 26.2 Å². The van der Waals surface area contributed by atoms with Gasteiger partial charge in [-0.25, -0.2) is 0 Å². The number of aliphatic carboxylic acids is 1.